The van der Waals surface area contributed by atoms with Gasteiger partial charge >= 0.3 is 5.97 Å². The van der Waals surface area contributed by atoms with E-state index in [1.165, 1.54) is 0 Å². The predicted octanol–water partition coefficient (Wildman–Crippen LogP) is 2.77. The number of aromatic nitrogens is 1. The van der Waals surface area contributed by atoms with Crippen LogP contribution in [0.25, 0.3) is 0 Å². The number of ether oxygens (including phenoxy) is 2. The molecule has 1 heterocycles. The Morgan fingerprint density at radius 1 is 1.19 bits per heavy atom. The second kappa shape index (κ2) is 10.1. The van der Waals surface area contributed by atoms with E-state index in [1.807, 2.05) is 0 Å². The molecule has 0 aliphatic carbocycles. The van der Waals surface area contributed by atoms with Gasteiger partial charge in [-0.25, -0.2) is 9.78 Å². The number of esters is 1. The molecule has 7 nitrogen and oxygen atoms in total. The van der Waals surface area contributed by atoms with E-state index >= 15 is 0 Å². The van der Waals surface area contributed by atoms with Crippen LogP contribution in [0.15, 0.2) is 42.6 Å². The van der Waals surface area contributed by atoms with Gasteiger partial charge < -0.3 is 20.1 Å². The highest BCUT2D eigenvalue weighted by Crippen LogP contribution is 2.21. The minimum Gasteiger partial charge on any atom is -0.462 e. The molecule has 0 saturated carbocycles. The van der Waals surface area contributed by atoms with Crippen molar-refractivity contribution in [2.24, 2.45) is 0 Å². The number of carbonyl (C=O) groups excluding carboxylic acids is 2. The molecule has 26 heavy (non-hydrogen) atoms. The maximum Gasteiger partial charge on any atom is 0.340 e. The molecule has 0 radical (unpaired) electrons. The third-order valence-electron chi connectivity index (χ3n) is 3.52. The summed E-state index contributed by atoms with van der Waals surface area (Å²) in [5.74, 6) is -0.140. The van der Waals surface area contributed by atoms with Gasteiger partial charge in [-0.05, 0) is 37.6 Å². The molecule has 0 aliphatic heterocycles. The van der Waals surface area contributed by atoms with Gasteiger partial charge in [-0.1, -0.05) is 12.1 Å². The first-order valence-electron chi connectivity index (χ1n) is 8.42. The average Bonchev–Trinajstić information content (AvgIpc) is 2.66. The first kappa shape index (κ1) is 19.4. The molecular weight excluding hydrogens is 334 g/mol. The number of anilines is 2. The molecule has 0 fully saturated rings. The molecular formula is C19H23N3O4. The number of carbonyl (C=O) groups is 2. The summed E-state index contributed by atoms with van der Waals surface area (Å²) in [6, 6.07) is 10.3. The van der Waals surface area contributed by atoms with Crippen LogP contribution in [0.1, 0.15) is 34.1 Å². The van der Waals surface area contributed by atoms with Crippen molar-refractivity contribution in [3.63, 3.8) is 0 Å². The Hall–Kier alpha value is -2.93. The lowest BCUT2D eigenvalue weighted by Crippen LogP contribution is -2.25. The summed E-state index contributed by atoms with van der Waals surface area (Å²) in [5, 5.41) is 5.89. The van der Waals surface area contributed by atoms with Gasteiger partial charge in [0.05, 0.1) is 17.9 Å². The van der Waals surface area contributed by atoms with Gasteiger partial charge in [0.25, 0.3) is 5.91 Å². The highest BCUT2D eigenvalue weighted by Gasteiger charge is 2.13. The molecule has 2 rings (SSSR count). The fourth-order valence-electron chi connectivity index (χ4n) is 2.28. The third-order valence-corrected chi connectivity index (χ3v) is 3.52. The maximum atomic E-state index is 12.2. The zero-order chi connectivity index (χ0) is 18.8. The zero-order valence-electron chi connectivity index (χ0n) is 15.0. The highest BCUT2D eigenvalue weighted by molar-refractivity contribution is 5.97. The molecule has 0 aliphatic rings. The summed E-state index contributed by atoms with van der Waals surface area (Å²) in [6.45, 7) is 3.17. The molecule has 0 spiro atoms. The van der Waals surface area contributed by atoms with Gasteiger partial charge in [-0.2, -0.15) is 0 Å². The molecule has 2 N–H and O–H groups in total. The van der Waals surface area contributed by atoms with Crippen molar-refractivity contribution in [2.45, 2.75) is 13.3 Å². The second-order valence-corrected chi connectivity index (χ2v) is 5.42. The molecule has 0 bridgehead atoms. The summed E-state index contributed by atoms with van der Waals surface area (Å²) < 4.78 is 10.0. The fourth-order valence-corrected chi connectivity index (χ4v) is 2.28. The number of hydrogen-bond donors (Lipinski definition) is 2. The summed E-state index contributed by atoms with van der Waals surface area (Å²) >= 11 is 0. The van der Waals surface area contributed by atoms with Gasteiger partial charge in [-0.3, -0.25) is 4.79 Å². The van der Waals surface area contributed by atoms with Gasteiger partial charge in [0.1, 0.15) is 5.82 Å². The van der Waals surface area contributed by atoms with Crippen LogP contribution < -0.4 is 10.6 Å². The van der Waals surface area contributed by atoms with Crippen molar-refractivity contribution in [1.82, 2.24) is 10.3 Å². The highest BCUT2D eigenvalue weighted by atomic mass is 16.5. The predicted molar refractivity (Wildman–Crippen MR) is 98.7 cm³/mol. The summed E-state index contributed by atoms with van der Waals surface area (Å²) in [7, 11) is 1.62. The van der Waals surface area contributed by atoms with Crippen LogP contribution in [-0.2, 0) is 9.47 Å². The van der Waals surface area contributed by atoms with Crippen LogP contribution in [0.5, 0.6) is 0 Å². The molecule has 2 aromatic rings. The van der Waals surface area contributed by atoms with Crippen molar-refractivity contribution in [3.05, 3.63) is 53.7 Å². The van der Waals surface area contributed by atoms with E-state index in [-0.39, 0.29) is 5.91 Å². The quantitative estimate of drug-likeness (QED) is 0.530. The van der Waals surface area contributed by atoms with E-state index in [4.69, 9.17) is 9.47 Å². The van der Waals surface area contributed by atoms with E-state index in [1.54, 1.807) is 56.6 Å². The lowest BCUT2D eigenvalue weighted by atomic mass is 10.1. The third kappa shape index (κ3) is 5.56. The molecule has 7 heteroatoms. The Bertz CT molecular complexity index is 749. The molecule has 0 unspecified atom stereocenters. The van der Waals surface area contributed by atoms with Gasteiger partial charge in [0.2, 0.25) is 0 Å². The monoisotopic (exact) mass is 357 g/mol. The molecule has 0 saturated heterocycles. The second-order valence-electron chi connectivity index (χ2n) is 5.42. The van der Waals surface area contributed by atoms with Crippen LogP contribution in [0, 0.1) is 0 Å². The number of pyridine rings is 1. The van der Waals surface area contributed by atoms with E-state index in [9.17, 15) is 9.59 Å². The zero-order valence-corrected chi connectivity index (χ0v) is 15.0. The van der Waals surface area contributed by atoms with E-state index in [0.717, 1.165) is 6.42 Å². The SMILES string of the molecule is CCOC(=O)c1ccccc1Nc1cc(C(=O)NCCCOC)ccn1. The largest absolute Gasteiger partial charge is 0.462 e. The normalized spacial score (nSPS) is 10.2. The minimum atomic E-state index is -0.414. The number of methoxy groups -OCH3 is 1. The van der Waals surface area contributed by atoms with E-state index in [0.29, 0.717) is 42.4 Å². The summed E-state index contributed by atoms with van der Waals surface area (Å²) in [6.07, 6.45) is 2.28. The Morgan fingerprint density at radius 2 is 2.00 bits per heavy atom. The van der Waals surface area contributed by atoms with Crippen LogP contribution in [-0.4, -0.2) is 43.7 Å². The van der Waals surface area contributed by atoms with E-state index in [2.05, 4.69) is 15.6 Å². The van der Waals surface area contributed by atoms with Crippen LogP contribution >= 0.6 is 0 Å². The lowest BCUT2D eigenvalue weighted by Gasteiger charge is -2.11. The number of nitrogens with one attached hydrogen (secondary N) is 2. The molecule has 0 atom stereocenters. The number of benzene rings is 1. The topological polar surface area (TPSA) is 89.5 Å². The van der Waals surface area contributed by atoms with E-state index < -0.39 is 5.97 Å². The van der Waals surface area contributed by atoms with Crippen LogP contribution in [0.3, 0.4) is 0 Å². The number of rotatable bonds is 9. The molecule has 1 amide bonds. The number of nitrogens with zero attached hydrogens (tertiary/aromatic N) is 1. The number of amides is 1. The standard InChI is InChI=1S/C19H23N3O4/c1-3-26-19(24)15-7-4-5-8-16(15)22-17-13-14(9-11-20-17)18(23)21-10-6-12-25-2/h4-5,7-9,11,13H,3,6,10,12H2,1-2H3,(H,20,22)(H,21,23). The minimum absolute atomic E-state index is 0.190. The van der Waals surface area contributed by atoms with Gasteiger partial charge in [0, 0.05) is 32.0 Å². The van der Waals surface area contributed by atoms with Crippen LogP contribution in [0.2, 0.25) is 0 Å². The van der Waals surface area contributed by atoms with Gasteiger partial charge in [0.15, 0.2) is 0 Å². The van der Waals surface area contributed by atoms with Gasteiger partial charge in [-0.15, -0.1) is 0 Å². The maximum absolute atomic E-state index is 12.2. The first-order chi connectivity index (χ1) is 12.7. The van der Waals surface area contributed by atoms with Crippen LogP contribution in [0.4, 0.5) is 11.5 Å². The Kier molecular flexibility index (Phi) is 7.57. The first-order valence-corrected chi connectivity index (χ1v) is 8.42. The molecule has 1 aromatic carbocycles. The average molecular weight is 357 g/mol. The summed E-state index contributed by atoms with van der Waals surface area (Å²) in [5.41, 5.74) is 1.45. The van der Waals surface area contributed by atoms with Crippen molar-refractivity contribution < 1.29 is 19.1 Å². The molecule has 1 aromatic heterocycles. The lowest BCUT2D eigenvalue weighted by molar-refractivity contribution is 0.0527. The number of hydrogen-bond acceptors (Lipinski definition) is 6. The smallest absolute Gasteiger partial charge is 0.340 e. The Morgan fingerprint density at radius 3 is 2.77 bits per heavy atom. The summed E-state index contributed by atoms with van der Waals surface area (Å²) in [4.78, 5) is 28.4. The number of para-hydroxylation sites is 1. The van der Waals surface area contributed by atoms with Crippen molar-refractivity contribution in [2.75, 3.05) is 32.2 Å². The van der Waals surface area contributed by atoms with Crippen molar-refractivity contribution >= 4 is 23.4 Å². The van der Waals surface area contributed by atoms with Crippen molar-refractivity contribution in [1.29, 1.82) is 0 Å². The molecule has 138 valence electrons. The Labute approximate surface area is 152 Å². The fraction of sp³-hybridized carbons (Fsp3) is 0.316. The Balaban J connectivity index is 2.09. The van der Waals surface area contributed by atoms with Crippen molar-refractivity contribution in [3.8, 4) is 0 Å².